The molecule has 5 N–H and O–H groups in total. The molecule has 19 nitrogen and oxygen atoms in total. The smallest absolute Gasteiger partial charge is 0.243 e. The number of piperazine rings is 1. The number of phenolic OH excluding ortho intramolecular Hbond substituents is 1. The molecular weight excluding hydrogens is 1010 g/mol. The Kier molecular flexibility index (Phi) is 15.6. The molecule has 6 aliphatic rings. The number of nitrogens with one attached hydrogen (secondary N) is 1. The number of anilines is 4. The maximum Gasteiger partial charge on any atom is 0.243 e. The van der Waals surface area contributed by atoms with Gasteiger partial charge in [0.25, 0.3) is 0 Å². The number of aliphatic hydroxyl groups excluding tert-OH is 1. The number of aromatic nitrogens is 4. The second kappa shape index (κ2) is 22.9. The summed E-state index contributed by atoms with van der Waals surface area (Å²) in [4.78, 5) is 43.4. The number of ether oxygens (including phenoxy) is 2. The normalized spacial score (nSPS) is 24.6. The predicted molar refractivity (Wildman–Crippen MR) is 290 cm³/mol. The first-order chi connectivity index (χ1) is 38.2. The highest BCUT2D eigenvalue weighted by Crippen LogP contribution is 2.41. The number of piperidine rings is 2. The van der Waals surface area contributed by atoms with Crippen molar-refractivity contribution in [3.63, 3.8) is 0 Å². The topological polar surface area (TPSA) is 236 Å². The number of carbonyl (C=O) groups excluding carboxylic acids is 2. The monoisotopic (exact) mass is 1080 g/mol. The second-order valence-electron chi connectivity index (χ2n) is 22.9. The molecule has 6 fully saturated rings. The van der Waals surface area contributed by atoms with Crippen molar-refractivity contribution in [1.29, 1.82) is 5.26 Å². The van der Waals surface area contributed by atoms with Crippen LogP contribution in [0.2, 0.25) is 0 Å². The van der Waals surface area contributed by atoms with Crippen LogP contribution in [0.15, 0.2) is 71.4 Å². The van der Waals surface area contributed by atoms with Gasteiger partial charge in [0.2, 0.25) is 17.7 Å². The number of benzene rings is 2. The number of aliphatic hydroxyl groups is 1. The molecule has 2 aromatic carbocycles. The van der Waals surface area contributed by atoms with Crippen molar-refractivity contribution < 1.29 is 42.6 Å². The number of carbonyl (C=O) groups is 2. The third-order valence-electron chi connectivity index (χ3n) is 17.2. The zero-order chi connectivity index (χ0) is 55.1. The number of pyridine rings is 1. The molecule has 6 atom stereocenters. The fourth-order valence-corrected chi connectivity index (χ4v) is 12.9. The molecule has 1 saturated carbocycles. The van der Waals surface area contributed by atoms with E-state index < -0.39 is 53.1 Å². The zero-order valence-corrected chi connectivity index (χ0v) is 45.0. The number of halogens is 2. The van der Waals surface area contributed by atoms with E-state index in [1.807, 2.05) is 44.3 Å². The third kappa shape index (κ3) is 11.5. The van der Waals surface area contributed by atoms with Gasteiger partial charge in [-0.1, -0.05) is 31.1 Å². The van der Waals surface area contributed by atoms with Crippen LogP contribution >= 0.6 is 0 Å². The van der Waals surface area contributed by atoms with Crippen LogP contribution in [0.1, 0.15) is 107 Å². The molecule has 418 valence electrons. The van der Waals surface area contributed by atoms with Gasteiger partial charge in [-0.25, -0.2) is 13.8 Å². The van der Waals surface area contributed by atoms with Gasteiger partial charge in [0.15, 0.2) is 17.4 Å². The molecule has 79 heavy (non-hydrogen) atoms. The Labute approximate surface area is 458 Å². The van der Waals surface area contributed by atoms with Crippen LogP contribution in [-0.4, -0.2) is 147 Å². The molecule has 0 radical (unpaired) electrons. The highest BCUT2D eigenvalue weighted by Gasteiger charge is 2.45. The van der Waals surface area contributed by atoms with Crippen LogP contribution in [0, 0.1) is 34.8 Å². The first-order valence-electron chi connectivity index (χ1n) is 28.0. The summed E-state index contributed by atoms with van der Waals surface area (Å²) in [6.07, 6.45) is 9.16. The van der Waals surface area contributed by atoms with Crippen LogP contribution in [0.25, 0.3) is 11.3 Å². The molecule has 3 aromatic heterocycles. The van der Waals surface area contributed by atoms with Crippen molar-refractivity contribution in [1.82, 2.24) is 35.5 Å². The fraction of sp³-hybridized carbons (Fsp3) is 0.534. The number of nitrogens with two attached hydrogens (primary N) is 1. The number of para-hydroxylation sites is 1. The molecule has 5 saturated heterocycles. The number of phenols is 1. The van der Waals surface area contributed by atoms with Gasteiger partial charge in [0.1, 0.15) is 41.5 Å². The van der Waals surface area contributed by atoms with Crippen LogP contribution in [0.3, 0.4) is 0 Å². The number of amides is 2. The molecule has 2 bridgehead atoms. The number of nitrogen functional groups attached to an aromatic ring is 1. The summed E-state index contributed by atoms with van der Waals surface area (Å²) in [5.74, 6) is -1.02. The SMILES string of the molecule is CC(C)[C@@H](C(=O)N1C[C@H](O)C[C@H]1C(=O)N[C@@H](C)c1cc(F)c(C#N)cc1F)c1cc(N2CCC(CN3CCC(OC4CC(Oc5cc(N6C7CCC6CN(c6cc(-c8ccccc8O)nnc6N)C7)ccn5)C4)CC3)CC2)no1. The van der Waals surface area contributed by atoms with Crippen molar-refractivity contribution in [3.05, 3.63) is 95.4 Å². The maximum absolute atomic E-state index is 14.8. The van der Waals surface area contributed by atoms with Gasteiger partial charge in [-0.15, -0.1) is 10.2 Å². The Hall–Kier alpha value is -7.15. The van der Waals surface area contributed by atoms with E-state index in [-0.39, 0.29) is 60.6 Å². The minimum absolute atomic E-state index is 0.0200. The number of aromatic hydroxyl groups is 1. The van der Waals surface area contributed by atoms with Gasteiger partial charge in [-0.05, 0) is 93.7 Å². The third-order valence-corrected chi connectivity index (χ3v) is 17.2. The fourth-order valence-electron chi connectivity index (χ4n) is 12.9. The number of likely N-dealkylation sites (tertiary alicyclic amines) is 2. The Bertz CT molecular complexity index is 3030. The largest absolute Gasteiger partial charge is 0.507 e. The summed E-state index contributed by atoms with van der Waals surface area (Å²) in [6.45, 7) is 11.4. The molecule has 0 spiro atoms. The second-order valence-corrected chi connectivity index (χ2v) is 22.9. The number of nitriles is 1. The number of fused-ring (bicyclic) bond motifs is 2. The van der Waals surface area contributed by atoms with E-state index in [1.54, 1.807) is 18.2 Å². The quantitative estimate of drug-likeness (QED) is 0.0804. The average Bonchev–Trinajstić information content (AvgIpc) is 4.24. The van der Waals surface area contributed by atoms with Crippen molar-refractivity contribution in [2.24, 2.45) is 11.8 Å². The first kappa shape index (κ1) is 53.8. The predicted octanol–water partition coefficient (Wildman–Crippen LogP) is 6.71. The minimum Gasteiger partial charge on any atom is -0.507 e. The first-order valence-corrected chi connectivity index (χ1v) is 28.0. The molecule has 11 rings (SSSR count). The van der Waals surface area contributed by atoms with Gasteiger partial charge in [-0.3, -0.25) is 9.59 Å². The summed E-state index contributed by atoms with van der Waals surface area (Å²) in [7, 11) is 0. The van der Waals surface area contributed by atoms with E-state index in [0.717, 1.165) is 121 Å². The van der Waals surface area contributed by atoms with Gasteiger partial charge in [0.05, 0.1) is 41.3 Å². The summed E-state index contributed by atoms with van der Waals surface area (Å²) in [5.41, 5.74) is 8.97. The molecule has 2 unspecified atom stereocenters. The number of rotatable bonds is 16. The van der Waals surface area contributed by atoms with Gasteiger partial charge < -0.3 is 59.8 Å². The Morgan fingerprint density at radius 3 is 2.34 bits per heavy atom. The lowest BCUT2D eigenvalue weighted by molar-refractivity contribution is -0.141. The van der Waals surface area contributed by atoms with Crippen molar-refractivity contribution in [2.75, 3.05) is 72.8 Å². The Morgan fingerprint density at radius 2 is 1.62 bits per heavy atom. The molecule has 1 aliphatic carbocycles. The number of nitrogens with zero attached hydrogens (tertiary/aromatic N) is 10. The standard InChI is InChI=1S/C58H70F2N12O7/c1-33(2)55(58(76)71-32-40(73)22-50(71)57(75)64-34(3)45-25-46(59)36(28-61)20-47(45)60)52-27-53(67-79-52)69-18-11-35(12-19-69)29-68-16-13-41(14-17-68)77-42-23-43(24-42)78-54-21-37(10-15-63-54)72-38-8-9-39(72)31-70(30-38)49-26-48(65-66-56(49)62)44-6-4-5-7-51(44)74/h4-7,10,15,20-21,25-27,33-35,38-43,50,55,73-74H,8-9,11-14,16-19,22-24,29-32H2,1-3H3,(H2,62,66)(H,64,75)/t34-,38?,39?,40+,42?,43?,50-,55+/m0/s1. The lowest BCUT2D eigenvalue weighted by atomic mass is 9.91. The Morgan fingerprint density at radius 1 is 0.873 bits per heavy atom. The summed E-state index contributed by atoms with van der Waals surface area (Å²) in [5, 5.41) is 45.8. The van der Waals surface area contributed by atoms with E-state index in [4.69, 9.17) is 25.0 Å². The molecular formula is C58H70F2N12O7. The van der Waals surface area contributed by atoms with E-state index in [0.29, 0.717) is 40.5 Å². The number of hydrogen-bond acceptors (Lipinski definition) is 17. The van der Waals surface area contributed by atoms with Crippen LogP contribution < -0.4 is 30.5 Å². The Balaban J connectivity index is 0.603. The van der Waals surface area contributed by atoms with Gasteiger partial charge in [0, 0.05) is 119 Å². The van der Waals surface area contributed by atoms with Gasteiger partial charge in [-0.2, -0.15) is 5.26 Å². The maximum atomic E-state index is 14.8. The van der Waals surface area contributed by atoms with Crippen molar-refractivity contribution >= 4 is 34.8 Å². The number of hydrogen-bond donors (Lipinski definition) is 4. The van der Waals surface area contributed by atoms with Crippen LogP contribution in [0.4, 0.5) is 31.8 Å². The molecule has 8 heterocycles. The van der Waals surface area contributed by atoms with E-state index >= 15 is 0 Å². The molecule has 5 aromatic rings. The van der Waals surface area contributed by atoms with Crippen LogP contribution in [-0.2, 0) is 14.3 Å². The zero-order valence-electron chi connectivity index (χ0n) is 45.0. The van der Waals surface area contributed by atoms with Crippen molar-refractivity contribution in [3.8, 4) is 29.0 Å². The van der Waals surface area contributed by atoms with Crippen LogP contribution in [0.5, 0.6) is 11.6 Å². The lowest BCUT2D eigenvalue weighted by Crippen LogP contribution is -2.54. The summed E-state index contributed by atoms with van der Waals surface area (Å²) < 4.78 is 48.1. The average molecular weight is 1090 g/mol. The van der Waals surface area contributed by atoms with E-state index in [2.05, 4.69) is 57.4 Å². The molecule has 2 amide bonds. The van der Waals surface area contributed by atoms with E-state index in [1.165, 1.54) is 11.8 Å². The summed E-state index contributed by atoms with van der Waals surface area (Å²) >= 11 is 0. The number of β-amino-alcohol motifs (C(OH)–C–C–N with tert-alkyl or cyclic N) is 1. The highest BCUT2D eigenvalue weighted by molar-refractivity contribution is 5.91. The summed E-state index contributed by atoms with van der Waals surface area (Å²) in [6, 6.07) is 16.9. The van der Waals surface area contributed by atoms with Crippen molar-refractivity contribution in [2.45, 2.75) is 133 Å². The van der Waals surface area contributed by atoms with Gasteiger partial charge >= 0.3 is 0 Å². The molecule has 21 heteroatoms. The molecule has 5 aliphatic heterocycles. The minimum atomic E-state index is -1.05. The highest BCUT2D eigenvalue weighted by atomic mass is 19.1. The van der Waals surface area contributed by atoms with E-state index in [9.17, 15) is 28.6 Å². The lowest BCUT2D eigenvalue weighted by Gasteiger charge is -2.43.